The SMILES string of the molecule is CC(O)(C1CC1)C1CCc2ccccc2N1. The fraction of sp³-hybridized carbons (Fsp3) is 0.571. The lowest BCUT2D eigenvalue weighted by Gasteiger charge is -2.38. The predicted octanol–water partition coefficient (Wildman–Crippen LogP) is 2.57. The standard InChI is InChI=1S/C14H19NO/c1-14(16,11-7-8-11)13-9-6-10-4-2-3-5-12(10)15-13/h2-5,11,13,15-16H,6-9H2,1H3. The molecule has 3 rings (SSSR count). The molecule has 1 aliphatic heterocycles. The summed E-state index contributed by atoms with van der Waals surface area (Å²) in [6.45, 7) is 2.00. The van der Waals surface area contributed by atoms with E-state index < -0.39 is 5.60 Å². The van der Waals surface area contributed by atoms with Crippen LogP contribution < -0.4 is 5.32 Å². The van der Waals surface area contributed by atoms with Gasteiger partial charge in [-0.05, 0) is 50.2 Å². The van der Waals surface area contributed by atoms with Gasteiger partial charge in [0.25, 0.3) is 0 Å². The molecule has 0 saturated heterocycles. The van der Waals surface area contributed by atoms with Crippen LogP contribution >= 0.6 is 0 Å². The molecule has 2 unspecified atom stereocenters. The normalized spacial score (nSPS) is 27.8. The molecule has 1 fully saturated rings. The van der Waals surface area contributed by atoms with Gasteiger partial charge in [0.1, 0.15) is 0 Å². The minimum atomic E-state index is -0.534. The smallest absolute Gasteiger partial charge is 0.0847 e. The number of nitrogens with one attached hydrogen (secondary N) is 1. The largest absolute Gasteiger partial charge is 0.388 e. The Hall–Kier alpha value is -1.02. The number of fused-ring (bicyclic) bond motifs is 1. The third kappa shape index (κ3) is 1.61. The number of rotatable bonds is 2. The first-order valence-electron chi connectivity index (χ1n) is 6.25. The van der Waals surface area contributed by atoms with Crippen LogP contribution in [0.25, 0.3) is 0 Å². The highest BCUT2D eigenvalue weighted by Gasteiger charge is 2.46. The van der Waals surface area contributed by atoms with E-state index in [1.165, 1.54) is 24.1 Å². The minimum Gasteiger partial charge on any atom is -0.388 e. The quantitative estimate of drug-likeness (QED) is 0.798. The van der Waals surface area contributed by atoms with E-state index in [0.717, 1.165) is 12.8 Å². The van der Waals surface area contributed by atoms with Gasteiger partial charge in [0, 0.05) is 5.69 Å². The molecule has 0 radical (unpaired) electrons. The molecule has 2 atom stereocenters. The Balaban J connectivity index is 1.82. The molecular weight excluding hydrogens is 198 g/mol. The average molecular weight is 217 g/mol. The maximum absolute atomic E-state index is 10.5. The van der Waals surface area contributed by atoms with Gasteiger partial charge >= 0.3 is 0 Å². The Morgan fingerprint density at radius 3 is 2.75 bits per heavy atom. The number of anilines is 1. The number of hydrogen-bond acceptors (Lipinski definition) is 2. The zero-order chi connectivity index (χ0) is 11.2. The van der Waals surface area contributed by atoms with Crippen molar-refractivity contribution in [2.45, 2.75) is 44.2 Å². The lowest BCUT2D eigenvalue weighted by Crippen LogP contribution is -2.48. The van der Waals surface area contributed by atoms with Crippen LogP contribution in [0.15, 0.2) is 24.3 Å². The molecule has 0 amide bonds. The fourth-order valence-electron chi connectivity index (χ4n) is 2.83. The third-order valence-corrected chi connectivity index (χ3v) is 4.16. The molecule has 1 aromatic rings. The first-order chi connectivity index (χ1) is 7.68. The predicted molar refractivity (Wildman–Crippen MR) is 65.5 cm³/mol. The second-order valence-corrected chi connectivity index (χ2v) is 5.39. The van der Waals surface area contributed by atoms with Gasteiger partial charge in [-0.2, -0.15) is 0 Å². The lowest BCUT2D eigenvalue weighted by molar-refractivity contribution is 0.0139. The zero-order valence-electron chi connectivity index (χ0n) is 9.74. The van der Waals surface area contributed by atoms with E-state index in [-0.39, 0.29) is 6.04 Å². The highest BCUT2D eigenvalue weighted by molar-refractivity contribution is 5.54. The summed E-state index contributed by atoms with van der Waals surface area (Å²) >= 11 is 0. The molecule has 1 aliphatic carbocycles. The Bertz CT molecular complexity index is 395. The molecule has 2 heteroatoms. The summed E-state index contributed by atoms with van der Waals surface area (Å²) in [5.74, 6) is 0.510. The molecule has 16 heavy (non-hydrogen) atoms. The molecule has 2 nitrogen and oxygen atoms in total. The molecule has 0 aromatic heterocycles. The monoisotopic (exact) mass is 217 g/mol. The summed E-state index contributed by atoms with van der Waals surface area (Å²) < 4.78 is 0. The number of hydrogen-bond donors (Lipinski definition) is 2. The van der Waals surface area contributed by atoms with Crippen molar-refractivity contribution in [1.82, 2.24) is 0 Å². The average Bonchev–Trinajstić information content (AvgIpc) is 3.12. The second-order valence-electron chi connectivity index (χ2n) is 5.39. The van der Waals surface area contributed by atoms with E-state index in [1.54, 1.807) is 0 Å². The molecule has 1 aromatic carbocycles. The third-order valence-electron chi connectivity index (χ3n) is 4.16. The van der Waals surface area contributed by atoms with Crippen LogP contribution in [-0.4, -0.2) is 16.7 Å². The summed E-state index contributed by atoms with van der Waals surface area (Å²) in [6.07, 6.45) is 4.50. The summed E-state index contributed by atoms with van der Waals surface area (Å²) in [4.78, 5) is 0. The molecular formula is C14H19NO. The fourth-order valence-corrected chi connectivity index (χ4v) is 2.83. The van der Waals surface area contributed by atoms with Gasteiger partial charge < -0.3 is 10.4 Å². The van der Waals surface area contributed by atoms with Crippen molar-refractivity contribution < 1.29 is 5.11 Å². The summed E-state index contributed by atoms with van der Waals surface area (Å²) in [5.41, 5.74) is 2.05. The minimum absolute atomic E-state index is 0.218. The van der Waals surface area contributed by atoms with E-state index >= 15 is 0 Å². The second kappa shape index (κ2) is 3.49. The Morgan fingerprint density at radius 1 is 1.25 bits per heavy atom. The topological polar surface area (TPSA) is 32.3 Å². The maximum Gasteiger partial charge on any atom is 0.0847 e. The number of para-hydroxylation sites is 1. The van der Waals surface area contributed by atoms with Crippen molar-refractivity contribution in [3.63, 3.8) is 0 Å². The molecule has 0 spiro atoms. The van der Waals surface area contributed by atoms with Gasteiger partial charge in [0.2, 0.25) is 0 Å². The summed E-state index contributed by atoms with van der Waals surface area (Å²) in [7, 11) is 0. The number of aryl methyl sites for hydroxylation is 1. The first kappa shape index (κ1) is 10.2. The van der Waals surface area contributed by atoms with Crippen LogP contribution in [0.5, 0.6) is 0 Å². The zero-order valence-corrected chi connectivity index (χ0v) is 9.74. The van der Waals surface area contributed by atoms with Crippen LogP contribution in [0.4, 0.5) is 5.69 Å². The van der Waals surface area contributed by atoms with Crippen molar-refractivity contribution in [3.05, 3.63) is 29.8 Å². The molecule has 86 valence electrons. The summed E-state index contributed by atoms with van der Waals surface area (Å²) in [5, 5.41) is 14.1. The highest BCUT2D eigenvalue weighted by atomic mass is 16.3. The molecule has 2 aliphatic rings. The summed E-state index contributed by atoms with van der Waals surface area (Å²) in [6, 6.07) is 8.64. The van der Waals surface area contributed by atoms with Crippen molar-refractivity contribution in [2.24, 2.45) is 5.92 Å². The Labute approximate surface area is 96.7 Å². The number of benzene rings is 1. The molecule has 1 heterocycles. The molecule has 0 bridgehead atoms. The molecule has 1 saturated carbocycles. The van der Waals surface area contributed by atoms with Gasteiger partial charge in [-0.3, -0.25) is 0 Å². The van der Waals surface area contributed by atoms with Gasteiger partial charge in [-0.15, -0.1) is 0 Å². The van der Waals surface area contributed by atoms with Crippen molar-refractivity contribution >= 4 is 5.69 Å². The van der Waals surface area contributed by atoms with E-state index in [9.17, 15) is 5.11 Å². The van der Waals surface area contributed by atoms with E-state index in [0.29, 0.717) is 5.92 Å². The van der Waals surface area contributed by atoms with Crippen molar-refractivity contribution in [2.75, 3.05) is 5.32 Å². The van der Waals surface area contributed by atoms with E-state index in [2.05, 4.69) is 29.6 Å². The van der Waals surface area contributed by atoms with E-state index in [4.69, 9.17) is 0 Å². The van der Waals surface area contributed by atoms with Gasteiger partial charge in [0.05, 0.1) is 11.6 Å². The van der Waals surface area contributed by atoms with Gasteiger partial charge in [0.15, 0.2) is 0 Å². The maximum atomic E-state index is 10.5. The van der Waals surface area contributed by atoms with Gasteiger partial charge in [-0.25, -0.2) is 0 Å². The van der Waals surface area contributed by atoms with Crippen LogP contribution in [0.3, 0.4) is 0 Å². The Kier molecular flexibility index (Phi) is 2.21. The van der Waals surface area contributed by atoms with Crippen LogP contribution in [0.2, 0.25) is 0 Å². The van der Waals surface area contributed by atoms with Crippen LogP contribution in [0, 0.1) is 5.92 Å². The van der Waals surface area contributed by atoms with Crippen molar-refractivity contribution in [3.8, 4) is 0 Å². The molecule has 2 N–H and O–H groups in total. The Morgan fingerprint density at radius 2 is 2.00 bits per heavy atom. The van der Waals surface area contributed by atoms with Crippen LogP contribution in [-0.2, 0) is 6.42 Å². The highest BCUT2D eigenvalue weighted by Crippen LogP contribution is 2.44. The van der Waals surface area contributed by atoms with Gasteiger partial charge in [-0.1, -0.05) is 18.2 Å². The van der Waals surface area contributed by atoms with Crippen LogP contribution in [0.1, 0.15) is 31.7 Å². The number of aliphatic hydroxyl groups is 1. The first-order valence-corrected chi connectivity index (χ1v) is 6.25. The van der Waals surface area contributed by atoms with E-state index in [1.807, 2.05) is 6.92 Å². The van der Waals surface area contributed by atoms with Crippen molar-refractivity contribution in [1.29, 1.82) is 0 Å². The lowest BCUT2D eigenvalue weighted by atomic mass is 9.84.